The van der Waals surface area contributed by atoms with E-state index in [0.717, 1.165) is 31.2 Å². The Morgan fingerprint density at radius 2 is 1.89 bits per heavy atom. The van der Waals surface area contributed by atoms with Crippen molar-refractivity contribution in [3.05, 3.63) is 35.9 Å². The van der Waals surface area contributed by atoms with Gasteiger partial charge in [-0.15, -0.1) is 0 Å². The number of hydrogen-bond donors (Lipinski definition) is 1. The Balaban J connectivity index is 2.06. The van der Waals surface area contributed by atoms with Crippen LogP contribution in [-0.2, 0) is 10.1 Å². The molecule has 1 aliphatic rings. The van der Waals surface area contributed by atoms with Crippen molar-refractivity contribution < 1.29 is 13.0 Å². The third-order valence-corrected chi connectivity index (χ3v) is 4.36. The predicted octanol–water partition coefficient (Wildman–Crippen LogP) is 2.55. The van der Waals surface area contributed by atoms with Gasteiger partial charge in [0, 0.05) is 6.21 Å². The average Bonchev–Trinajstić information content (AvgIpc) is 2.37. The minimum Gasteiger partial charge on any atom is -0.289 e. The first-order chi connectivity index (χ1) is 9.04. The molecular formula is C14H19NO3S. The molecule has 1 fully saturated rings. The van der Waals surface area contributed by atoms with Crippen LogP contribution in [0.5, 0.6) is 0 Å². The predicted molar refractivity (Wildman–Crippen MR) is 76.2 cm³/mol. The van der Waals surface area contributed by atoms with Crippen LogP contribution in [0.1, 0.15) is 31.2 Å². The van der Waals surface area contributed by atoms with Crippen LogP contribution in [0.25, 0.3) is 0 Å². The van der Waals surface area contributed by atoms with Gasteiger partial charge in [0.05, 0.1) is 11.8 Å². The standard InChI is InChI=1S/C14H19NO3S/c16-19(17,18)11-13-8-4-5-9-14(13)15-10-12-6-2-1-3-7-12/h1-3,6-7,10,13-14H,4-5,8-9,11H2,(H,16,17,18)/t13-,14+/m0/s1. The van der Waals surface area contributed by atoms with Gasteiger partial charge in [0.1, 0.15) is 0 Å². The molecule has 1 aliphatic carbocycles. The van der Waals surface area contributed by atoms with Crippen molar-refractivity contribution >= 4 is 16.3 Å². The lowest BCUT2D eigenvalue weighted by Crippen LogP contribution is -2.29. The molecule has 4 nitrogen and oxygen atoms in total. The third kappa shape index (κ3) is 4.76. The minimum absolute atomic E-state index is 0.00381. The zero-order valence-corrected chi connectivity index (χ0v) is 11.6. The Kier molecular flexibility index (Phi) is 4.71. The van der Waals surface area contributed by atoms with Gasteiger partial charge in [0.2, 0.25) is 0 Å². The number of rotatable bonds is 4. The summed E-state index contributed by atoms with van der Waals surface area (Å²) in [5.74, 6) is -0.243. The van der Waals surface area contributed by atoms with Gasteiger partial charge in [0.25, 0.3) is 10.1 Å². The van der Waals surface area contributed by atoms with E-state index in [0.29, 0.717) is 0 Å². The second-order valence-corrected chi connectivity index (χ2v) is 6.55. The molecule has 2 atom stereocenters. The van der Waals surface area contributed by atoms with E-state index in [-0.39, 0.29) is 17.7 Å². The van der Waals surface area contributed by atoms with E-state index in [4.69, 9.17) is 4.55 Å². The highest BCUT2D eigenvalue weighted by Gasteiger charge is 2.28. The van der Waals surface area contributed by atoms with E-state index in [1.54, 1.807) is 6.21 Å². The Hall–Kier alpha value is -1.20. The van der Waals surface area contributed by atoms with Gasteiger partial charge in [-0.05, 0) is 24.3 Å². The molecule has 0 saturated heterocycles. The zero-order valence-electron chi connectivity index (χ0n) is 10.8. The maximum Gasteiger partial charge on any atom is 0.265 e. The SMILES string of the molecule is O=S(=O)(O)C[C@@H]1CCCC[C@H]1N=Cc1ccccc1. The van der Waals surface area contributed by atoms with Crippen molar-refractivity contribution in [2.75, 3.05) is 5.75 Å². The molecule has 0 amide bonds. The Labute approximate surface area is 114 Å². The normalized spacial score (nSPS) is 24.7. The fourth-order valence-electron chi connectivity index (χ4n) is 2.57. The summed E-state index contributed by atoms with van der Waals surface area (Å²) < 4.78 is 31.0. The second kappa shape index (κ2) is 6.30. The molecular weight excluding hydrogens is 262 g/mol. The topological polar surface area (TPSA) is 66.7 Å². The largest absolute Gasteiger partial charge is 0.289 e. The van der Waals surface area contributed by atoms with Gasteiger partial charge in [-0.3, -0.25) is 9.55 Å². The minimum atomic E-state index is -3.91. The van der Waals surface area contributed by atoms with Crippen molar-refractivity contribution in [2.24, 2.45) is 10.9 Å². The summed E-state index contributed by atoms with van der Waals surface area (Å²) in [7, 11) is -3.91. The first-order valence-electron chi connectivity index (χ1n) is 6.58. The number of aliphatic imine (C=N–C) groups is 1. The molecule has 5 heteroatoms. The first-order valence-corrected chi connectivity index (χ1v) is 8.19. The lowest BCUT2D eigenvalue weighted by Gasteiger charge is -2.27. The van der Waals surface area contributed by atoms with Crippen LogP contribution in [0, 0.1) is 5.92 Å². The average molecular weight is 281 g/mol. The smallest absolute Gasteiger partial charge is 0.265 e. The summed E-state index contributed by atoms with van der Waals surface area (Å²) >= 11 is 0. The van der Waals surface area contributed by atoms with E-state index in [1.165, 1.54) is 0 Å². The van der Waals surface area contributed by atoms with Crippen molar-refractivity contribution in [1.82, 2.24) is 0 Å². The maximum absolute atomic E-state index is 11.0. The highest BCUT2D eigenvalue weighted by molar-refractivity contribution is 7.85. The molecule has 2 rings (SSSR count). The lowest BCUT2D eigenvalue weighted by molar-refractivity contribution is 0.328. The van der Waals surface area contributed by atoms with Crippen LogP contribution in [0.3, 0.4) is 0 Å². The van der Waals surface area contributed by atoms with Crippen molar-refractivity contribution in [1.29, 1.82) is 0 Å². The van der Waals surface area contributed by atoms with Gasteiger partial charge in [-0.25, -0.2) is 0 Å². The molecule has 19 heavy (non-hydrogen) atoms. The van der Waals surface area contributed by atoms with Gasteiger partial charge < -0.3 is 0 Å². The lowest BCUT2D eigenvalue weighted by atomic mass is 9.86. The molecule has 0 heterocycles. The summed E-state index contributed by atoms with van der Waals surface area (Å²) in [4.78, 5) is 4.52. The highest BCUT2D eigenvalue weighted by atomic mass is 32.2. The molecule has 1 aromatic carbocycles. The molecule has 1 N–H and O–H groups in total. The quantitative estimate of drug-likeness (QED) is 0.681. The first kappa shape index (κ1) is 14.2. The Bertz CT molecular complexity index is 525. The van der Waals surface area contributed by atoms with Crippen LogP contribution < -0.4 is 0 Å². The Morgan fingerprint density at radius 3 is 2.58 bits per heavy atom. The monoisotopic (exact) mass is 281 g/mol. The molecule has 1 aromatic rings. The molecule has 1 saturated carbocycles. The molecule has 0 unspecified atom stereocenters. The molecule has 0 bridgehead atoms. The van der Waals surface area contributed by atoms with Crippen LogP contribution in [0.2, 0.25) is 0 Å². The van der Waals surface area contributed by atoms with Crippen LogP contribution in [0.15, 0.2) is 35.3 Å². The number of hydrogen-bond acceptors (Lipinski definition) is 3. The summed E-state index contributed by atoms with van der Waals surface area (Å²) in [6.45, 7) is 0. The zero-order chi connectivity index (χ0) is 13.7. The highest BCUT2D eigenvalue weighted by Crippen LogP contribution is 2.28. The fourth-order valence-corrected chi connectivity index (χ4v) is 3.50. The van der Waals surface area contributed by atoms with Gasteiger partial charge in [-0.2, -0.15) is 8.42 Å². The second-order valence-electron chi connectivity index (χ2n) is 5.05. The maximum atomic E-state index is 11.0. The van der Waals surface area contributed by atoms with Gasteiger partial charge in [-0.1, -0.05) is 43.2 Å². The molecule has 0 aliphatic heterocycles. The summed E-state index contributed by atoms with van der Waals surface area (Å²) in [6, 6.07) is 9.75. The van der Waals surface area contributed by atoms with Crippen molar-refractivity contribution in [2.45, 2.75) is 31.7 Å². The van der Waals surface area contributed by atoms with Crippen molar-refractivity contribution in [3.8, 4) is 0 Å². The number of benzene rings is 1. The number of nitrogens with zero attached hydrogens (tertiary/aromatic N) is 1. The van der Waals surface area contributed by atoms with Crippen LogP contribution in [-0.4, -0.2) is 31.0 Å². The van der Waals surface area contributed by atoms with Crippen molar-refractivity contribution in [3.63, 3.8) is 0 Å². The van der Waals surface area contributed by atoms with E-state index in [1.807, 2.05) is 30.3 Å². The van der Waals surface area contributed by atoms with E-state index in [9.17, 15) is 8.42 Å². The van der Waals surface area contributed by atoms with Crippen LogP contribution in [0.4, 0.5) is 0 Å². The summed E-state index contributed by atoms with van der Waals surface area (Å²) in [5.41, 5.74) is 1.01. The Morgan fingerprint density at radius 1 is 1.21 bits per heavy atom. The van der Waals surface area contributed by atoms with Gasteiger partial charge >= 0.3 is 0 Å². The fraction of sp³-hybridized carbons (Fsp3) is 0.500. The third-order valence-electron chi connectivity index (χ3n) is 3.51. The summed E-state index contributed by atoms with van der Waals surface area (Å²) in [5, 5.41) is 0. The van der Waals surface area contributed by atoms with E-state index in [2.05, 4.69) is 4.99 Å². The van der Waals surface area contributed by atoms with Crippen LogP contribution >= 0.6 is 0 Å². The van der Waals surface area contributed by atoms with E-state index < -0.39 is 10.1 Å². The molecule has 0 radical (unpaired) electrons. The molecule has 0 aromatic heterocycles. The summed E-state index contributed by atoms with van der Waals surface area (Å²) in [6.07, 6.45) is 5.59. The van der Waals surface area contributed by atoms with Gasteiger partial charge in [0.15, 0.2) is 0 Å². The van der Waals surface area contributed by atoms with E-state index >= 15 is 0 Å². The molecule has 0 spiro atoms. The molecule has 104 valence electrons.